The summed E-state index contributed by atoms with van der Waals surface area (Å²) in [4.78, 5) is 0. The van der Waals surface area contributed by atoms with Gasteiger partial charge in [-0.15, -0.1) is 0 Å². The molecule has 0 bridgehead atoms. The number of halogens is 1. The van der Waals surface area contributed by atoms with Crippen LogP contribution in [-0.4, -0.2) is 11.2 Å². The van der Waals surface area contributed by atoms with E-state index in [0.29, 0.717) is 11.4 Å². The zero-order chi connectivity index (χ0) is 8.72. The van der Waals surface area contributed by atoms with Crippen LogP contribution in [0.25, 0.3) is 0 Å². The van der Waals surface area contributed by atoms with E-state index in [1.54, 1.807) is 0 Å². The standard InChI is InChI=1S/C9H10ClNO/c10-6-2-1-5-3-8(12)9(11)7(5)4-6/h1-2,4,8-9,12H,3,11H2/t8-,9+/m0/s1. The van der Waals surface area contributed by atoms with Gasteiger partial charge in [0, 0.05) is 11.4 Å². The summed E-state index contributed by atoms with van der Waals surface area (Å²) in [5.41, 5.74) is 7.84. The van der Waals surface area contributed by atoms with Gasteiger partial charge in [-0.3, -0.25) is 0 Å². The highest BCUT2D eigenvalue weighted by Gasteiger charge is 2.27. The van der Waals surface area contributed by atoms with Crippen molar-refractivity contribution in [3.8, 4) is 0 Å². The molecule has 1 aromatic rings. The predicted molar refractivity (Wildman–Crippen MR) is 48.1 cm³/mol. The van der Waals surface area contributed by atoms with Crippen molar-refractivity contribution in [2.75, 3.05) is 0 Å². The molecule has 0 aromatic heterocycles. The second kappa shape index (κ2) is 2.73. The molecule has 0 heterocycles. The Kier molecular flexibility index (Phi) is 1.83. The summed E-state index contributed by atoms with van der Waals surface area (Å²) in [7, 11) is 0. The molecule has 0 saturated heterocycles. The molecule has 1 aliphatic carbocycles. The minimum Gasteiger partial charge on any atom is -0.391 e. The number of rotatable bonds is 0. The van der Waals surface area contributed by atoms with Gasteiger partial charge in [-0.05, 0) is 23.3 Å². The monoisotopic (exact) mass is 183 g/mol. The minimum atomic E-state index is -0.446. The molecule has 0 aliphatic heterocycles. The normalized spacial score (nSPS) is 27.2. The van der Waals surface area contributed by atoms with Crippen LogP contribution >= 0.6 is 11.6 Å². The number of aliphatic hydroxyl groups excluding tert-OH is 1. The first-order chi connectivity index (χ1) is 5.68. The van der Waals surface area contributed by atoms with Gasteiger partial charge in [-0.25, -0.2) is 0 Å². The minimum absolute atomic E-state index is 0.265. The Hall–Kier alpha value is -0.570. The number of nitrogens with two attached hydrogens (primary N) is 1. The molecule has 0 radical (unpaired) electrons. The largest absolute Gasteiger partial charge is 0.391 e. The third kappa shape index (κ3) is 1.12. The average Bonchev–Trinajstić information content (AvgIpc) is 2.31. The highest BCUT2D eigenvalue weighted by Crippen LogP contribution is 2.31. The van der Waals surface area contributed by atoms with E-state index >= 15 is 0 Å². The van der Waals surface area contributed by atoms with E-state index < -0.39 is 6.10 Å². The predicted octanol–water partition coefficient (Wildman–Crippen LogP) is 1.26. The summed E-state index contributed by atoms with van der Waals surface area (Å²) in [6.07, 6.45) is 0.201. The lowest BCUT2D eigenvalue weighted by molar-refractivity contribution is 0.158. The molecule has 0 saturated carbocycles. The van der Waals surface area contributed by atoms with Crippen molar-refractivity contribution in [1.82, 2.24) is 0 Å². The van der Waals surface area contributed by atoms with Crippen molar-refractivity contribution >= 4 is 11.6 Å². The highest BCUT2D eigenvalue weighted by molar-refractivity contribution is 6.30. The summed E-state index contributed by atoms with van der Waals surface area (Å²) >= 11 is 5.80. The van der Waals surface area contributed by atoms with Crippen LogP contribution < -0.4 is 5.73 Å². The van der Waals surface area contributed by atoms with E-state index in [-0.39, 0.29) is 6.04 Å². The second-order valence-electron chi connectivity index (χ2n) is 3.14. The Balaban J connectivity index is 2.48. The van der Waals surface area contributed by atoms with Gasteiger partial charge in [0.05, 0.1) is 12.1 Å². The van der Waals surface area contributed by atoms with Gasteiger partial charge in [-0.2, -0.15) is 0 Å². The Morgan fingerprint density at radius 3 is 3.00 bits per heavy atom. The number of fused-ring (bicyclic) bond motifs is 1. The first-order valence-corrected chi connectivity index (χ1v) is 4.28. The van der Waals surface area contributed by atoms with E-state index in [1.165, 1.54) is 0 Å². The zero-order valence-corrected chi connectivity index (χ0v) is 7.25. The zero-order valence-electron chi connectivity index (χ0n) is 6.50. The third-order valence-corrected chi connectivity index (χ3v) is 2.55. The summed E-state index contributed by atoms with van der Waals surface area (Å²) in [6.45, 7) is 0. The van der Waals surface area contributed by atoms with E-state index in [1.807, 2.05) is 18.2 Å². The van der Waals surface area contributed by atoms with E-state index in [9.17, 15) is 5.11 Å². The Morgan fingerprint density at radius 2 is 2.25 bits per heavy atom. The Morgan fingerprint density at radius 1 is 1.50 bits per heavy atom. The second-order valence-corrected chi connectivity index (χ2v) is 3.58. The Bertz CT molecular complexity index is 313. The molecule has 0 amide bonds. The molecule has 1 aliphatic rings. The van der Waals surface area contributed by atoms with Crippen LogP contribution in [0.4, 0.5) is 0 Å². The van der Waals surface area contributed by atoms with Gasteiger partial charge in [-0.1, -0.05) is 17.7 Å². The van der Waals surface area contributed by atoms with Gasteiger partial charge >= 0.3 is 0 Å². The molecule has 2 nitrogen and oxygen atoms in total. The van der Waals surface area contributed by atoms with E-state index in [0.717, 1.165) is 11.1 Å². The number of hydrogen-bond acceptors (Lipinski definition) is 2. The lowest BCUT2D eigenvalue weighted by Gasteiger charge is -2.08. The van der Waals surface area contributed by atoms with Crippen LogP contribution in [0, 0.1) is 0 Å². The quantitative estimate of drug-likeness (QED) is 0.636. The van der Waals surface area contributed by atoms with E-state index in [2.05, 4.69) is 0 Å². The van der Waals surface area contributed by atoms with Gasteiger partial charge in [0.15, 0.2) is 0 Å². The van der Waals surface area contributed by atoms with E-state index in [4.69, 9.17) is 17.3 Å². The number of aliphatic hydroxyl groups is 1. The fraction of sp³-hybridized carbons (Fsp3) is 0.333. The summed E-state index contributed by atoms with van der Waals surface area (Å²) in [5.74, 6) is 0. The fourth-order valence-electron chi connectivity index (χ4n) is 1.62. The molecule has 0 unspecified atom stereocenters. The SMILES string of the molecule is N[C@@H]1c2cc(Cl)ccc2C[C@@H]1O. The van der Waals surface area contributed by atoms with Crippen LogP contribution in [0.2, 0.25) is 5.02 Å². The maximum absolute atomic E-state index is 9.44. The van der Waals surface area contributed by atoms with Gasteiger partial charge in [0.25, 0.3) is 0 Å². The summed E-state index contributed by atoms with van der Waals surface area (Å²) in [5, 5.41) is 10.1. The third-order valence-electron chi connectivity index (χ3n) is 2.31. The molecular formula is C9H10ClNO. The number of hydrogen-bond donors (Lipinski definition) is 2. The first-order valence-electron chi connectivity index (χ1n) is 3.90. The smallest absolute Gasteiger partial charge is 0.0773 e. The van der Waals surface area contributed by atoms with Crippen molar-refractivity contribution < 1.29 is 5.11 Å². The lowest BCUT2D eigenvalue weighted by atomic mass is 10.1. The van der Waals surface area contributed by atoms with Gasteiger partial charge in [0.1, 0.15) is 0 Å². The van der Waals surface area contributed by atoms with Crippen LogP contribution in [0.3, 0.4) is 0 Å². The first kappa shape index (κ1) is 8.05. The molecular weight excluding hydrogens is 174 g/mol. The summed E-state index contributed by atoms with van der Waals surface area (Å²) in [6, 6.07) is 5.31. The maximum Gasteiger partial charge on any atom is 0.0773 e. The van der Waals surface area contributed by atoms with Crippen LogP contribution in [0.15, 0.2) is 18.2 Å². The van der Waals surface area contributed by atoms with Crippen molar-refractivity contribution in [3.05, 3.63) is 34.3 Å². The van der Waals surface area contributed by atoms with Crippen molar-refractivity contribution in [3.63, 3.8) is 0 Å². The molecule has 2 atom stereocenters. The van der Waals surface area contributed by atoms with Crippen molar-refractivity contribution in [2.24, 2.45) is 5.73 Å². The molecule has 12 heavy (non-hydrogen) atoms. The van der Waals surface area contributed by atoms with Crippen molar-refractivity contribution in [2.45, 2.75) is 18.6 Å². The molecule has 0 fully saturated rings. The van der Waals surface area contributed by atoms with Crippen LogP contribution in [-0.2, 0) is 6.42 Å². The highest BCUT2D eigenvalue weighted by atomic mass is 35.5. The molecule has 64 valence electrons. The average molecular weight is 184 g/mol. The molecule has 2 rings (SSSR count). The molecule has 0 spiro atoms. The fourth-order valence-corrected chi connectivity index (χ4v) is 1.80. The maximum atomic E-state index is 9.44. The van der Waals surface area contributed by atoms with Crippen LogP contribution in [0.1, 0.15) is 17.2 Å². The molecule has 3 N–H and O–H groups in total. The summed E-state index contributed by atoms with van der Waals surface area (Å²) < 4.78 is 0. The van der Waals surface area contributed by atoms with Gasteiger partial charge < -0.3 is 10.8 Å². The number of benzene rings is 1. The van der Waals surface area contributed by atoms with Crippen LogP contribution in [0.5, 0.6) is 0 Å². The van der Waals surface area contributed by atoms with Crippen molar-refractivity contribution in [1.29, 1.82) is 0 Å². The lowest BCUT2D eigenvalue weighted by Crippen LogP contribution is -2.21. The topological polar surface area (TPSA) is 46.2 Å². The Labute approximate surface area is 76.0 Å². The molecule has 3 heteroatoms. The molecule has 1 aromatic carbocycles. The van der Waals surface area contributed by atoms with Gasteiger partial charge in [0.2, 0.25) is 0 Å².